The fraction of sp³-hybridized carbons (Fsp3) is 0.294. The predicted molar refractivity (Wildman–Crippen MR) is 151 cm³/mol. The molecule has 0 aromatic heterocycles. The smallest absolute Gasteiger partial charge is 0.432 e. The van der Waals surface area contributed by atoms with E-state index in [9.17, 15) is 30.7 Å². The second-order valence-corrected chi connectivity index (χ2v) is 11.0. The molecular formula is C34H27F9O3. The lowest BCUT2D eigenvalue weighted by Crippen LogP contribution is -2.25. The van der Waals surface area contributed by atoms with Crippen LogP contribution in [0.4, 0.5) is 39.5 Å². The molecular weight excluding hydrogens is 627 g/mol. The minimum absolute atomic E-state index is 0.101. The SMILES string of the molecule is COCC1CCC(c2ccc(-c3ccc(-c4cc(F)c(C(F)(F)Oc5cc(F)c(OCF)c(F)c5)c(F)c4)c(F)c3)c(F)c2)CC1. The Hall–Kier alpha value is -4.19. The van der Waals surface area contributed by atoms with Crippen molar-refractivity contribution in [3.8, 4) is 33.8 Å². The normalized spacial score (nSPS) is 16.8. The lowest BCUT2D eigenvalue weighted by atomic mass is 9.78. The van der Waals surface area contributed by atoms with Gasteiger partial charge in [-0.25, -0.2) is 30.7 Å². The number of rotatable bonds is 10. The topological polar surface area (TPSA) is 27.7 Å². The summed E-state index contributed by atoms with van der Waals surface area (Å²) in [4.78, 5) is 0. The molecule has 244 valence electrons. The van der Waals surface area contributed by atoms with E-state index in [1.807, 2.05) is 0 Å². The number of benzene rings is 4. The van der Waals surface area contributed by atoms with Crippen molar-refractivity contribution < 1.29 is 53.7 Å². The summed E-state index contributed by atoms with van der Waals surface area (Å²) in [7, 11) is 1.66. The first-order valence-electron chi connectivity index (χ1n) is 14.2. The van der Waals surface area contributed by atoms with Gasteiger partial charge in [0.05, 0.1) is 0 Å². The molecule has 12 heteroatoms. The molecule has 4 aromatic carbocycles. The van der Waals surface area contributed by atoms with Crippen LogP contribution in [0.5, 0.6) is 11.5 Å². The third-order valence-electron chi connectivity index (χ3n) is 8.05. The van der Waals surface area contributed by atoms with Crippen LogP contribution in [0.15, 0.2) is 60.7 Å². The van der Waals surface area contributed by atoms with Gasteiger partial charge in [0.25, 0.3) is 0 Å². The Balaban J connectivity index is 1.36. The summed E-state index contributed by atoms with van der Waals surface area (Å²) < 4.78 is 143. The molecule has 46 heavy (non-hydrogen) atoms. The molecule has 0 aliphatic heterocycles. The van der Waals surface area contributed by atoms with Crippen LogP contribution in [0, 0.1) is 40.8 Å². The summed E-state index contributed by atoms with van der Waals surface area (Å²) in [5.41, 5.74) is -1.65. The molecule has 0 radical (unpaired) electrons. The van der Waals surface area contributed by atoms with Gasteiger partial charge in [0.15, 0.2) is 17.4 Å². The van der Waals surface area contributed by atoms with Gasteiger partial charge in [-0.15, -0.1) is 0 Å². The lowest BCUT2D eigenvalue weighted by molar-refractivity contribution is -0.189. The second-order valence-electron chi connectivity index (χ2n) is 11.0. The molecule has 0 amide bonds. The largest absolute Gasteiger partial charge is 0.457 e. The van der Waals surface area contributed by atoms with Crippen LogP contribution in [0.1, 0.15) is 42.7 Å². The Morgan fingerprint density at radius 2 is 1.24 bits per heavy atom. The van der Waals surface area contributed by atoms with Crippen molar-refractivity contribution in [3.63, 3.8) is 0 Å². The van der Waals surface area contributed by atoms with Gasteiger partial charge in [0, 0.05) is 37.0 Å². The molecule has 1 saturated carbocycles. The number of hydrogen-bond donors (Lipinski definition) is 0. The van der Waals surface area contributed by atoms with E-state index in [0.29, 0.717) is 24.7 Å². The number of alkyl halides is 3. The maximum absolute atomic E-state index is 15.2. The summed E-state index contributed by atoms with van der Waals surface area (Å²) in [5, 5.41) is 0. The molecule has 0 unspecified atom stereocenters. The molecule has 3 nitrogen and oxygen atoms in total. The van der Waals surface area contributed by atoms with Gasteiger partial charge in [0.1, 0.15) is 34.6 Å². The van der Waals surface area contributed by atoms with E-state index in [1.165, 1.54) is 18.2 Å². The second kappa shape index (κ2) is 13.7. The van der Waals surface area contributed by atoms with Crippen molar-refractivity contribution >= 4 is 0 Å². The quantitative estimate of drug-likeness (QED) is 0.159. The van der Waals surface area contributed by atoms with Gasteiger partial charge in [-0.05, 0) is 78.5 Å². The number of methoxy groups -OCH3 is 1. The van der Waals surface area contributed by atoms with Crippen molar-refractivity contribution in [1.82, 2.24) is 0 Å². The van der Waals surface area contributed by atoms with Crippen LogP contribution < -0.4 is 9.47 Å². The maximum Gasteiger partial charge on any atom is 0.432 e. The number of hydrogen-bond acceptors (Lipinski definition) is 3. The summed E-state index contributed by atoms with van der Waals surface area (Å²) in [5.74, 6) is -10.2. The van der Waals surface area contributed by atoms with Crippen LogP contribution >= 0.6 is 0 Å². The third kappa shape index (κ3) is 6.96. The molecule has 0 atom stereocenters. The fourth-order valence-electron chi connectivity index (χ4n) is 5.83. The van der Waals surface area contributed by atoms with Crippen LogP contribution in [-0.4, -0.2) is 20.6 Å². The van der Waals surface area contributed by atoms with Crippen molar-refractivity contribution in [2.45, 2.75) is 37.7 Å². The van der Waals surface area contributed by atoms with Gasteiger partial charge in [-0.1, -0.05) is 24.3 Å². The first-order valence-corrected chi connectivity index (χ1v) is 14.2. The van der Waals surface area contributed by atoms with Crippen molar-refractivity contribution in [1.29, 1.82) is 0 Å². The minimum atomic E-state index is -4.79. The van der Waals surface area contributed by atoms with Crippen LogP contribution in [0.25, 0.3) is 22.3 Å². The highest BCUT2D eigenvalue weighted by molar-refractivity contribution is 5.72. The minimum Gasteiger partial charge on any atom is -0.457 e. The van der Waals surface area contributed by atoms with E-state index in [-0.39, 0.29) is 34.7 Å². The predicted octanol–water partition coefficient (Wildman–Crippen LogP) is 10.2. The van der Waals surface area contributed by atoms with E-state index in [4.69, 9.17) is 4.74 Å². The van der Waals surface area contributed by atoms with Gasteiger partial charge >= 0.3 is 6.11 Å². The first kappa shape index (κ1) is 33.2. The van der Waals surface area contributed by atoms with Gasteiger partial charge < -0.3 is 14.2 Å². The van der Waals surface area contributed by atoms with E-state index in [1.54, 1.807) is 13.2 Å². The molecule has 0 N–H and O–H groups in total. The van der Waals surface area contributed by atoms with Crippen molar-refractivity contribution in [2.75, 3.05) is 20.6 Å². The standard InChI is InChI=1S/C34H27F9O3/c1-44-16-18-2-4-19(5-3-18)20-6-8-24(26(36)10-20)21-7-9-25(27(37)11-21)22-12-28(38)32(29(39)13-22)34(42,43)46-23-14-30(40)33(45-17-35)31(41)15-23/h6-15,18-19H,2-5,16-17H2,1H3. The summed E-state index contributed by atoms with van der Waals surface area (Å²) in [6.45, 7) is -0.927. The highest BCUT2D eigenvalue weighted by atomic mass is 19.3. The van der Waals surface area contributed by atoms with E-state index < -0.39 is 70.5 Å². The number of halogens is 9. The molecule has 0 bridgehead atoms. The highest BCUT2D eigenvalue weighted by Crippen LogP contribution is 2.40. The van der Waals surface area contributed by atoms with Crippen LogP contribution in [-0.2, 0) is 10.8 Å². The molecule has 0 spiro atoms. The van der Waals surface area contributed by atoms with E-state index >= 15 is 8.78 Å². The average Bonchev–Trinajstić information content (AvgIpc) is 2.98. The average molecular weight is 655 g/mol. The Kier molecular flexibility index (Phi) is 9.85. The first-order chi connectivity index (χ1) is 21.9. The van der Waals surface area contributed by atoms with Gasteiger partial charge in [0.2, 0.25) is 6.86 Å². The van der Waals surface area contributed by atoms with Crippen molar-refractivity contribution in [3.05, 3.63) is 107 Å². The van der Waals surface area contributed by atoms with Crippen LogP contribution in [0.2, 0.25) is 0 Å². The Morgan fingerprint density at radius 3 is 1.80 bits per heavy atom. The lowest BCUT2D eigenvalue weighted by Gasteiger charge is -2.28. The zero-order valence-corrected chi connectivity index (χ0v) is 24.3. The molecule has 1 aliphatic carbocycles. The Bertz CT molecular complexity index is 1670. The Morgan fingerprint density at radius 1 is 0.674 bits per heavy atom. The third-order valence-corrected chi connectivity index (χ3v) is 8.05. The van der Waals surface area contributed by atoms with Crippen LogP contribution in [0.3, 0.4) is 0 Å². The van der Waals surface area contributed by atoms with E-state index in [2.05, 4.69) is 9.47 Å². The molecule has 1 aliphatic rings. The van der Waals surface area contributed by atoms with Crippen molar-refractivity contribution in [2.24, 2.45) is 5.92 Å². The maximum atomic E-state index is 15.2. The van der Waals surface area contributed by atoms with Gasteiger partial charge in [-0.2, -0.15) is 8.78 Å². The zero-order valence-electron chi connectivity index (χ0n) is 24.3. The Labute approximate surface area is 258 Å². The highest BCUT2D eigenvalue weighted by Gasteiger charge is 2.41. The fourth-order valence-corrected chi connectivity index (χ4v) is 5.83. The van der Waals surface area contributed by atoms with Gasteiger partial charge in [-0.3, -0.25) is 0 Å². The molecule has 1 fully saturated rings. The summed E-state index contributed by atoms with van der Waals surface area (Å²) in [6, 6.07) is 9.46. The molecule has 5 rings (SSSR count). The molecule has 0 heterocycles. The zero-order chi connectivity index (χ0) is 33.2. The molecule has 0 saturated heterocycles. The van der Waals surface area contributed by atoms with E-state index in [0.717, 1.165) is 43.4 Å². The summed E-state index contributed by atoms with van der Waals surface area (Å²) in [6.07, 6.45) is -1.08. The molecule has 4 aromatic rings. The number of ether oxygens (including phenoxy) is 3. The summed E-state index contributed by atoms with van der Waals surface area (Å²) >= 11 is 0. The monoisotopic (exact) mass is 654 g/mol.